The van der Waals surface area contributed by atoms with E-state index >= 15 is 0 Å². The fraction of sp³-hybridized carbons (Fsp3) is 0.688. The minimum absolute atomic E-state index is 0.0122. The van der Waals surface area contributed by atoms with Crippen molar-refractivity contribution in [1.29, 1.82) is 0 Å². The molecule has 5 rings (SSSR count). The maximum Gasteiger partial charge on any atom is 0.274 e. The molecule has 8 nitrogen and oxygen atoms in total. The highest BCUT2D eigenvalue weighted by Crippen LogP contribution is 2.40. The van der Waals surface area contributed by atoms with Crippen LogP contribution in [-0.4, -0.2) is 57.8 Å². The van der Waals surface area contributed by atoms with Crippen LogP contribution in [0, 0.1) is 12.8 Å². The largest absolute Gasteiger partial charge is 0.354 e. The van der Waals surface area contributed by atoms with Crippen LogP contribution in [0.3, 0.4) is 0 Å². The standard InChI is InChI=1S/C32H48N6O2/c1-24-20-36-28(22-35-24)31(40)38-17-12-25(13-18-38)11-7-10-16-34-30(39)27-19-26-21-33-23-32(29(26)37-27)14-8-5-3-2-4-6-9-15-32/h19-20,22,25,33,37H,2-18,21,23H2,1H3,(H,34,39). The Kier molecular flexibility index (Phi) is 9.89. The molecule has 0 atom stereocenters. The molecule has 2 aromatic heterocycles. The van der Waals surface area contributed by atoms with Gasteiger partial charge in [-0.2, -0.15) is 0 Å². The number of unbranched alkanes of at least 4 members (excludes halogenated alkanes) is 1. The number of nitrogens with zero attached hydrogens (tertiary/aromatic N) is 3. The summed E-state index contributed by atoms with van der Waals surface area (Å²) in [6.45, 7) is 6.01. The first-order valence-electron chi connectivity index (χ1n) is 15.8. The summed E-state index contributed by atoms with van der Waals surface area (Å²) in [7, 11) is 0. The van der Waals surface area contributed by atoms with E-state index in [1.807, 2.05) is 11.8 Å². The number of hydrogen-bond donors (Lipinski definition) is 3. The second-order valence-electron chi connectivity index (χ2n) is 12.5. The molecule has 0 aromatic carbocycles. The van der Waals surface area contributed by atoms with Crippen LogP contribution in [0.2, 0.25) is 0 Å². The van der Waals surface area contributed by atoms with Crippen LogP contribution in [0.15, 0.2) is 18.5 Å². The summed E-state index contributed by atoms with van der Waals surface area (Å²) in [5, 5.41) is 6.83. The number of rotatable bonds is 7. The van der Waals surface area contributed by atoms with Gasteiger partial charge in [0.05, 0.1) is 11.9 Å². The molecule has 2 fully saturated rings. The molecule has 2 aromatic rings. The minimum atomic E-state index is -0.0122. The Morgan fingerprint density at radius 3 is 2.42 bits per heavy atom. The third kappa shape index (κ3) is 7.12. The predicted molar refractivity (Wildman–Crippen MR) is 157 cm³/mol. The SMILES string of the molecule is Cc1cnc(C(=O)N2CCC(CCCCNC(=O)c3cc4c([nH]3)C3(CCCCCCCCC3)CNC4)CC2)cn1. The van der Waals surface area contributed by atoms with E-state index in [2.05, 4.69) is 31.7 Å². The Labute approximate surface area is 239 Å². The molecular weight excluding hydrogens is 500 g/mol. The predicted octanol–water partition coefficient (Wildman–Crippen LogP) is 5.43. The van der Waals surface area contributed by atoms with Gasteiger partial charge in [-0.15, -0.1) is 0 Å². The van der Waals surface area contributed by atoms with E-state index < -0.39 is 0 Å². The molecule has 40 heavy (non-hydrogen) atoms. The van der Waals surface area contributed by atoms with E-state index in [0.29, 0.717) is 18.2 Å². The van der Waals surface area contributed by atoms with E-state index in [1.54, 1.807) is 12.4 Å². The summed E-state index contributed by atoms with van der Waals surface area (Å²) < 4.78 is 0. The van der Waals surface area contributed by atoms with Crippen LogP contribution >= 0.6 is 0 Å². The number of fused-ring (bicyclic) bond motifs is 2. The number of carbonyl (C=O) groups is 2. The van der Waals surface area contributed by atoms with Gasteiger partial charge in [-0.1, -0.05) is 57.8 Å². The molecule has 4 heterocycles. The molecule has 0 radical (unpaired) electrons. The van der Waals surface area contributed by atoms with Crippen molar-refractivity contribution in [1.82, 2.24) is 30.5 Å². The number of hydrogen-bond acceptors (Lipinski definition) is 5. The number of nitrogens with one attached hydrogen (secondary N) is 3. The number of carbonyl (C=O) groups excluding carboxylic acids is 2. The van der Waals surface area contributed by atoms with Gasteiger partial charge < -0.3 is 20.5 Å². The van der Waals surface area contributed by atoms with Gasteiger partial charge in [0, 0.05) is 50.0 Å². The smallest absolute Gasteiger partial charge is 0.274 e. The monoisotopic (exact) mass is 548 g/mol. The zero-order valence-electron chi connectivity index (χ0n) is 24.4. The molecule has 2 amide bonds. The summed E-state index contributed by atoms with van der Waals surface area (Å²) in [5.74, 6) is 0.650. The third-order valence-electron chi connectivity index (χ3n) is 9.49. The number of H-pyrrole nitrogens is 1. The average Bonchev–Trinajstić information content (AvgIpc) is 3.43. The zero-order chi connectivity index (χ0) is 27.8. The van der Waals surface area contributed by atoms with Crippen LogP contribution in [-0.2, 0) is 12.0 Å². The Morgan fingerprint density at radius 1 is 1.00 bits per heavy atom. The maximum atomic E-state index is 13.0. The summed E-state index contributed by atoms with van der Waals surface area (Å²) >= 11 is 0. The van der Waals surface area contributed by atoms with Crippen molar-refractivity contribution in [2.45, 2.75) is 109 Å². The molecule has 1 spiro atoms. The molecule has 1 saturated heterocycles. The quantitative estimate of drug-likeness (QED) is 0.400. The Bertz CT molecular complexity index is 1110. The van der Waals surface area contributed by atoms with Gasteiger partial charge in [0.15, 0.2) is 0 Å². The van der Waals surface area contributed by atoms with Gasteiger partial charge in [0.1, 0.15) is 11.4 Å². The minimum Gasteiger partial charge on any atom is -0.354 e. The molecule has 1 saturated carbocycles. The van der Waals surface area contributed by atoms with Crippen LogP contribution < -0.4 is 10.6 Å². The number of likely N-dealkylation sites (tertiary alicyclic amines) is 1. The van der Waals surface area contributed by atoms with Crippen molar-refractivity contribution in [2.75, 3.05) is 26.2 Å². The number of aromatic amines is 1. The number of amides is 2. The second-order valence-corrected chi connectivity index (χ2v) is 12.5. The van der Waals surface area contributed by atoms with Gasteiger partial charge in [-0.3, -0.25) is 14.6 Å². The summed E-state index contributed by atoms with van der Waals surface area (Å²) in [6, 6.07) is 2.09. The van der Waals surface area contributed by atoms with Crippen molar-refractivity contribution < 1.29 is 9.59 Å². The van der Waals surface area contributed by atoms with E-state index in [0.717, 1.165) is 69.7 Å². The van der Waals surface area contributed by atoms with Crippen LogP contribution in [0.25, 0.3) is 0 Å². The Hall–Kier alpha value is -2.74. The lowest BCUT2D eigenvalue weighted by Gasteiger charge is -2.38. The Morgan fingerprint density at radius 2 is 1.73 bits per heavy atom. The van der Waals surface area contributed by atoms with Crippen molar-refractivity contribution in [2.24, 2.45) is 5.92 Å². The lowest BCUT2D eigenvalue weighted by atomic mass is 9.72. The van der Waals surface area contributed by atoms with E-state index in [9.17, 15) is 9.59 Å². The number of aromatic nitrogens is 3. The van der Waals surface area contributed by atoms with Crippen molar-refractivity contribution in [3.8, 4) is 0 Å². The van der Waals surface area contributed by atoms with Gasteiger partial charge in [-0.25, -0.2) is 4.98 Å². The van der Waals surface area contributed by atoms with E-state index in [1.165, 1.54) is 69.0 Å². The number of piperidine rings is 1. The number of aryl methyl sites for hydroxylation is 1. The lowest BCUT2D eigenvalue weighted by Crippen LogP contribution is -2.43. The fourth-order valence-electron chi connectivity index (χ4n) is 7.06. The first-order valence-corrected chi connectivity index (χ1v) is 15.8. The second kappa shape index (κ2) is 13.7. The van der Waals surface area contributed by atoms with E-state index in [4.69, 9.17) is 0 Å². The Balaban J connectivity index is 1.04. The summed E-state index contributed by atoms with van der Waals surface area (Å²) in [4.78, 5) is 39.7. The zero-order valence-corrected chi connectivity index (χ0v) is 24.4. The highest BCUT2D eigenvalue weighted by molar-refractivity contribution is 5.93. The van der Waals surface area contributed by atoms with Crippen LogP contribution in [0.5, 0.6) is 0 Å². The van der Waals surface area contributed by atoms with E-state index in [-0.39, 0.29) is 17.2 Å². The molecule has 8 heteroatoms. The first kappa shape index (κ1) is 28.8. The van der Waals surface area contributed by atoms with Crippen molar-refractivity contribution in [3.63, 3.8) is 0 Å². The van der Waals surface area contributed by atoms with Crippen molar-refractivity contribution in [3.05, 3.63) is 46.8 Å². The highest BCUT2D eigenvalue weighted by Gasteiger charge is 2.38. The molecule has 3 aliphatic rings. The fourth-order valence-corrected chi connectivity index (χ4v) is 7.06. The molecule has 218 valence electrons. The van der Waals surface area contributed by atoms with Crippen LogP contribution in [0.1, 0.15) is 128 Å². The lowest BCUT2D eigenvalue weighted by molar-refractivity contribution is 0.0679. The van der Waals surface area contributed by atoms with Crippen LogP contribution in [0.4, 0.5) is 0 Å². The molecule has 0 unspecified atom stereocenters. The molecule has 2 aliphatic heterocycles. The highest BCUT2D eigenvalue weighted by atomic mass is 16.2. The summed E-state index contributed by atoms with van der Waals surface area (Å²) in [6.07, 6.45) is 20.2. The molecular formula is C32H48N6O2. The van der Waals surface area contributed by atoms with Crippen molar-refractivity contribution >= 4 is 11.8 Å². The maximum absolute atomic E-state index is 13.0. The topological polar surface area (TPSA) is 103 Å². The third-order valence-corrected chi connectivity index (χ3v) is 9.49. The van der Waals surface area contributed by atoms with Gasteiger partial charge in [-0.05, 0) is 56.6 Å². The van der Waals surface area contributed by atoms with Gasteiger partial charge in [0.2, 0.25) is 0 Å². The summed E-state index contributed by atoms with van der Waals surface area (Å²) in [5.41, 5.74) is 4.74. The molecule has 3 N–H and O–H groups in total. The molecule has 0 bridgehead atoms. The normalized spacial score (nSPS) is 20.2. The average molecular weight is 549 g/mol. The van der Waals surface area contributed by atoms with Gasteiger partial charge >= 0.3 is 0 Å². The first-order chi connectivity index (χ1) is 19.5. The molecule has 1 aliphatic carbocycles. The van der Waals surface area contributed by atoms with Gasteiger partial charge in [0.25, 0.3) is 11.8 Å².